The van der Waals surface area contributed by atoms with E-state index in [0.29, 0.717) is 9.88 Å². The number of rotatable bonds is 3. The molecule has 2 aliphatic heterocycles. The zero-order valence-corrected chi connectivity index (χ0v) is 16.5. The first-order chi connectivity index (χ1) is 14.2. The number of hydrogen-bond donors (Lipinski definition) is 2. The Morgan fingerprint density at radius 3 is 2.93 bits per heavy atom. The van der Waals surface area contributed by atoms with Crippen LogP contribution in [-0.4, -0.2) is 43.1 Å². The topological polar surface area (TPSA) is 129 Å². The molecule has 1 radical (unpaired) electrons. The molecule has 1 aromatic carbocycles. The zero-order valence-electron chi connectivity index (χ0n) is 15.7. The molecule has 1 aliphatic carbocycles. The maximum absolute atomic E-state index is 14.3. The number of ether oxygens (including phenoxy) is 1. The Kier molecular flexibility index (Phi) is 4.74. The van der Waals surface area contributed by atoms with Gasteiger partial charge in [-0.1, -0.05) is 17.7 Å². The maximum atomic E-state index is 14.3. The molecule has 2 heterocycles. The van der Waals surface area contributed by atoms with E-state index in [1.54, 1.807) is 19.4 Å². The van der Waals surface area contributed by atoms with Crippen molar-refractivity contribution in [2.45, 2.75) is 18.2 Å². The lowest BCUT2D eigenvalue weighted by Crippen LogP contribution is -2.58. The molecule has 0 spiro atoms. The second-order valence-electron chi connectivity index (χ2n) is 7.00. The number of urea groups is 1. The van der Waals surface area contributed by atoms with Crippen LogP contribution >= 0.6 is 0 Å². The largest absolute Gasteiger partial charge is 0.491 e. The van der Waals surface area contributed by atoms with E-state index >= 15 is 0 Å². The minimum absolute atomic E-state index is 0.0696. The van der Waals surface area contributed by atoms with Crippen molar-refractivity contribution >= 4 is 22.0 Å². The normalized spacial score (nSPS) is 23.8. The number of halogens is 1. The molecular formula is C19H16FN4O5S. The van der Waals surface area contributed by atoms with Crippen molar-refractivity contribution in [3.63, 3.8) is 0 Å². The minimum atomic E-state index is -4.17. The highest BCUT2D eigenvalue weighted by Crippen LogP contribution is 2.35. The molecule has 9 nitrogen and oxygen atoms in total. The Labute approximate surface area is 171 Å². The second kappa shape index (κ2) is 7.14. The van der Waals surface area contributed by atoms with Crippen LogP contribution < -0.4 is 15.4 Å². The molecule has 0 saturated carbocycles. The van der Waals surface area contributed by atoms with Crippen molar-refractivity contribution in [3.8, 4) is 11.8 Å². The summed E-state index contributed by atoms with van der Waals surface area (Å²) in [7, 11) is -4.17. The fourth-order valence-electron chi connectivity index (χ4n) is 3.67. The molecule has 30 heavy (non-hydrogen) atoms. The first kappa shape index (κ1) is 19.9. The standard InChI is InChI=1S/C19H16FN4O5S/c1-10-3-2-4-13-18(10)30(27,28)24(19(26)23-13)8-16(25)22-14-9-29-15-6-11(7-21)5-12(20)17(14)15/h2-6,14,18H,8-9H2,1H3,(H,22,25)(H,23,26)/t14-,18?/m0/s1. The number of nitrogens with one attached hydrogen (secondary N) is 2. The van der Waals surface area contributed by atoms with Gasteiger partial charge in [-0.05, 0) is 19.1 Å². The summed E-state index contributed by atoms with van der Waals surface area (Å²) in [5.41, 5.74) is 0.878. The summed E-state index contributed by atoms with van der Waals surface area (Å²) in [6.45, 7) is 0.768. The number of nitriles is 1. The summed E-state index contributed by atoms with van der Waals surface area (Å²) in [5, 5.41) is 12.8. The van der Waals surface area contributed by atoms with Crippen LogP contribution in [0, 0.1) is 23.6 Å². The van der Waals surface area contributed by atoms with E-state index in [2.05, 4.69) is 10.6 Å². The Balaban J connectivity index is 1.53. The molecule has 11 heteroatoms. The smallest absolute Gasteiger partial charge is 0.335 e. The molecule has 1 aromatic rings. The Morgan fingerprint density at radius 1 is 1.43 bits per heavy atom. The molecule has 0 aromatic heterocycles. The monoisotopic (exact) mass is 431 g/mol. The number of nitrogens with zero attached hydrogens (tertiary/aromatic N) is 2. The fourth-order valence-corrected chi connectivity index (χ4v) is 5.51. The van der Waals surface area contributed by atoms with Crippen LogP contribution in [0.15, 0.2) is 35.6 Å². The molecule has 2 N–H and O–H groups in total. The summed E-state index contributed by atoms with van der Waals surface area (Å²) >= 11 is 0. The molecule has 2 atom stereocenters. The molecule has 155 valence electrons. The van der Waals surface area contributed by atoms with Gasteiger partial charge in [0.15, 0.2) is 0 Å². The van der Waals surface area contributed by atoms with Crippen LogP contribution in [0.25, 0.3) is 0 Å². The van der Waals surface area contributed by atoms with Gasteiger partial charge in [-0.2, -0.15) is 5.26 Å². The number of carbonyl (C=O) groups is 2. The number of benzene rings is 1. The van der Waals surface area contributed by atoms with E-state index in [4.69, 9.17) is 10.00 Å². The van der Waals surface area contributed by atoms with E-state index in [0.717, 1.165) is 6.07 Å². The fraction of sp³-hybridized carbons (Fsp3) is 0.263. The summed E-state index contributed by atoms with van der Waals surface area (Å²) in [5.74, 6) is -1.38. The van der Waals surface area contributed by atoms with Gasteiger partial charge in [0.2, 0.25) is 5.91 Å². The van der Waals surface area contributed by atoms with Gasteiger partial charge < -0.3 is 15.4 Å². The highest BCUT2D eigenvalue weighted by molar-refractivity contribution is 7.90. The van der Waals surface area contributed by atoms with Gasteiger partial charge in [0, 0.05) is 12.1 Å². The van der Waals surface area contributed by atoms with Crippen LogP contribution in [0.3, 0.4) is 0 Å². The van der Waals surface area contributed by atoms with Crippen LogP contribution in [0.5, 0.6) is 5.75 Å². The van der Waals surface area contributed by atoms with Gasteiger partial charge in [-0.15, -0.1) is 0 Å². The lowest BCUT2D eigenvalue weighted by Gasteiger charge is -2.36. The van der Waals surface area contributed by atoms with Gasteiger partial charge in [-0.3, -0.25) is 4.79 Å². The molecule has 3 aliphatic rings. The SMILES string of the molecule is CC1=C[CH]C=C2NC(=O)N(CC(=O)N[C@H]3COc4cc(C#N)cc(F)c43)S(=O)(=O)C12. The minimum Gasteiger partial charge on any atom is -0.491 e. The number of carbonyl (C=O) groups excluding carboxylic acids is 2. The first-order valence-corrected chi connectivity index (χ1v) is 10.4. The van der Waals surface area contributed by atoms with Crippen LogP contribution in [0.1, 0.15) is 24.1 Å². The Morgan fingerprint density at radius 2 is 2.20 bits per heavy atom. The van der Waals surface area contributed by atoms with Crippen molar-refractivity contribution < 1.29 is 27.1 Å². The lowest BCUT2D eigenvalue weighted by molar-refractivity contribution is -0.121. The predicted molar refractivity (Wildman–Crippen MR) is 102 cm³/mol. The van der Waals surface area contributed by atoms with Crippen molar-refractivity contribution in [1.29, 1.82) is 5.26 Å². The zero-order chi connectivity index (χ0) is 21.6. The molecule has 1 unspecified atom stereocenters. The average Bonchev–Trinajstić information content (AvgIpc) is 3.07. The molecule has 4 rings (SSSR count). The highest BCUT2D eigenvalue weighted by Gasteiger charge is 2.45. The molecule has 0 bridgehead atoms. The summed E-state index contributed by atoms with van der Waals surface area (Å²) in [6.07, 6.45) is 4.74. The number of hydrogen-bond acceptors (Lipinski definition) is 6. The number of allylic oxidation sites excluding steroid dienone is 2. The van der Waals surface area contributed by atoms with Gasteiger partial charge >= 0.3 is 6.03 Å². The summed E-state index contributed by atoms with van der Waals surface area (Å²) in [4.78, 5) is 24.9. The lowest BCUT2D eigenvalue weighted by atomic mass is 10.0. The van der Waals surface area contributed by atoms with Crippen molar-refractivity contribution in [2.24, 2.45) is 0 Å². The summed E-state index contributed by atoms with van der Waals surface area (Å²) in [6, 6.07) is 2.38. The summed E-state index contributed by atoms with van der Waals surface area (Å²) < 4.78 is 46.0. The van der Waals surface area contributed by atoms with Gasteiger partial charge in [0.05, 0.1) is 23.2 Å². The van der Waals surface area contributed by atoms with E-state index in [1.807, 2.05) is 6.07 Å². The first-order valence-electron chi connectivity index (χ1n) is 8.92. The molecular weight excluding hydrogens is 415 g/mol. The van der Waals surface area contributed by atoms with Crippen molar-refractivity contribution in [2.75, 3.05) is 13.2 Å². The van der Waals surface area contributed by atoms with Crippen LogP contribution in [0.4, 0.5) is 9.18 Å². The maximum Gasteiger partial charge on any atom is 0.335 e. The van der Waals surface area contributed by atoms with Crippen LogP contribution in [0.2, 0.25) is 0 Å². The molecule has 3 amide bonds. The van der Waals surface area contributed by atoms with E-state index < -0.39 is 45.6 Å². The molecule has 1 saturated heterocycles. The third kappa shape index (κ3) is 3.19. The van der Waals surface area contributed by atoms with Crippen molar-refractivity contribution in [1.82, 2.24) is 14.9 Å². The molecule has 1 fully saturated rings. The van der Waals surface area contributed by atoms with Gasteiger partial charge in [0.1, 0.15) is 30.0 Å². The third-order valence-electron chi connectivity index (χ3n) is 5.01. The predicted octanol–water partition coefficient (Wildman–Crippen LogP) is 1.02. The second-order valence-corrected chi connectivity index (χ2v) is 8.94. The quantitative estimate of drug-likeness (QED) is 0.735. The van der Waals surface area contributed by atoms with Gasteiger partial charge in [-0.25, -0.2) is 21.9 Å². The number of sulfonamides is 1. The average molecular weight is 431 g/mol. The van der Waals surface area contributed by atoms with E-state index in [9.17, 15) is 22.4 Å². The van der Waals surface area contributed by atoms with E-state index in [-0.39, 0.29) is 29.2 Å². The highest BCUT2D eigenvalue weighted by atomic mass is 32.2. The number of fused-ring (bicyclic) bond motifs is 2. The van der Waals surface area contributed by atoms with E-state index in [1.165, 1.54) is 12.1 Å². The van der Waals surface area contributed by atoms with Crippen LogP contribution in [-0.2, 0) is 14.8 Å². The van der Waals surface area contributed by atoms with Gasteiger partial charge in [0.25, 0.3) is 10.0 Å². The Bertz CT molecular complexity index is 1170. The Hall–Kier alpha value is -3.39. The third-order valence-corrected chi connectivity index (χ3v) is 7.14. The van der Waals surface area contributed by atoms with Crippen molar-refractivity contribution in [3.05, 3.63) is 58.9 Å². The number of amides is 3.